The van der Waals surface area contributed by atoms with E-state index in [1.807, 2.05) is 6.92 Å². The largest absolute Gasteiger partial charge is 0.399 e. The highest BCUT2D eigenvalue weighted by Crippen LogP contribution is 2.16. The topological polar surface area (TPSA) is 52.0 Å². The van der Waals surface area contributed by atoms with Gasteiger partial charge in [-0.3, -0.25) is 0 Å². The number of hydrogen-bond donors (Lipinski definition) is 2. The molecule has 0 saturated carbocycles. The van der Waals surface area contributed by atoms with Crippen LogP contribution in [0.5, 0.6) is 0 Å². The Balaban J connectivity index is 3.23. The molecule has 0 fully saturated rings. The Hall–Kier alpha value is -1.09. The molecular formula is C8H10N2S. The quantitative estimate of drug-likeness (QED) is 0.378. The Labute approximate surface area is 71.2 Å². The first-order valence-electron chi connectivity index (χ1n) is 3.27. The molecule has 2 nitrogen and oxygen atoms in total. The van der Waals surface area contributed by atoms with Crippen molar-refractivity contribution >= 4 is 28.5 Å². The molecule has 1 rings (SSSR count). The monoisotopic (exact) mass is 166 g/mol. The van der Waals surface area contributed by atoms with Crippen LogP contribution in [0.4, 0.5) is 11.4 Å². The fraction of sp³-hybridized carbons (Fsp3) is 0.125. The molecule has 3 heteroatoms. The predicted molar refractivity (Wildman–Crippen MR) is 52.6 cm³/mol. The summed E-state index contributed by atoms with van der Waals surface area (Å²) in [6, 6.07) is 5.31. The molecule has 0 aromatic heterocycles. The average molecular weight is 166 g/mol. The van der Waals surface area contributed by atoms with Gasteiger partial charge >= 0.3 is 0 Å². The van der Waals surface area contributed by atoms with Gasteiger partial charge in [0.15, 0.2) is 0 Å². The fourth-order valence-electron chi connectivity index (χ4n) is 0.879. The third-order valence-electron chi connectivity index (χ3n) is 1.46. The molecule has 0 amide bonds. The molecule has 0 bridgehead atoms. The van der Waals surface area contributed by atoms with Gasteiger partial charge in [-0.25, -0.2) is 0 Å². The average Bonchev–Trinajstić information content (AvgIpc) is 1.94. The van der Waals surface area contributed by atoms with Crippen LogP contribution < -0.4 is 11.5 Å². The van der Waals surface area contributed by atoms with E-state index in [0.717, 1.165) is 10.4 Å². The van der Waals surface area contributed by atoms with Gasteiger partial charge in [0.25, 0.3) is 0 Å². The first-order valence-corrected chi connectivity index (χ1v) is 3.68. The molecule has 0 heterocycles. The van der Waals surface area contributed by atoms with Crippen molar-refractivity contribution in [2.75, 3.05) is 11.5 Å². The third kappa shape index (κ3) is 1.68. The summed E-state index contributed by atoms with van der Waals surface area (Å²) >= 11 is 4.97. The second-order valence-corrected chi connectivity index (χ2v) is 3.02. The molecule has 0 atom stereocenters. The number of rotatable bonds is 1. The van der Waals surface area contributed by atoms with Crippen molar-refractivity contribution in [3.8, 4) is 0 Å². The van der Waals surface area contributed by atoms with Gasteiger partial charge in [-0.2, -0.15) is 0 Å². The van der Waals surface area contributed by atoms with E-state index in [-0.39, 0.29) is 0 Å². The van der Waals surface area contributed by atoms with Gasteiger partial charge < -0.3 is 11.5 Å². The van der Waals surface area contributed by atoms with Crippen LogP contribution in [0.3, 0.4) is 0 Å². The number of nitrogen functional groups attached to an aromatic ring is 2. The molecule has 0 aliphatic rings. The van der Waals surface area contributed by atoms with Crippen molar-refractivity contribution in [3.05, 3.63) is 23.8 Å². The first kappa shape index (κ1) is 8.01. The highest BCUT2D eigenvalue weighted by molar-refractivity contribution is 7.80. The Morgan fingerprint density at radius 3 is 2.45 bits per heavy atom. The van der Waals surface area contributed by atoms with Gasteiger partial charge in [-0.1, -0.05) is 12.2 Å². The summed E-state index contributed by atoms with van der Waals surface area (Å²) in [7, 11) is 0. The minimum atomic E-state index is 0.687. The summed E-state index contributed by atoms with van der Waals surface area (Å²) in [5, 5.41) is 0. The van der Waals surface area contributed by atoms with Crippen LogP contribution >= 0.6 is 12.2 Å². The van der Waals surface area contributed by atoms with Crippen molar-refractivity contribution < 1.29 is 0 Å². The fourth-order valence-corrected chi connectivity index (χ4v) is 1.06. The highest BCUT2D eigenvalue weighted by atomic mass is 32.1. The molecule has 4 N–H and O–H groups in total. The maximum atomic E-state index is 5.65. The van der Waals surface area contributed by atoms with E-state index in [0.29, 0.717) is 11.4 Å². The molecular weight excluding hydrogens is 156 g/mol. The molecule has 11 heavy (non-hydrogen) atoms. The van der Waals surface area contributed by atoms with Gasteiger partial charge in [0.1, 0.15) is 0 Å². The number of anilines is 2. The summed E-state index contributed by atoms with van der Waals surface area (Å²) in [5.74, 6) is 0. The molecule has 0 saturated heterocycles. The zero-order valence-corrected chi connectivity index (χ0v) is 7.11. The highest BCUT2D eigenvalue weighted by Gasteiger charge is 2.00. The van der Waals surface area contributed by atoms with E-state index >= 15 is 0 Å². The van der Waals surface area contributed by atoms with Crippen LogP contribution in [-0.2, 0) is 0 Å². The van der Waals surface area contributed by atoms with E-state index in [4.69, 9.17) is 23.7 Å². The van der Waals surface area contributed by atoms with Crippen LogP contribution in [0, 0.1) is 0 Å². The maximum Gasteiger partial charge on any atom is 0.0400 e. The molecule has 1 aromatic rings. The second-order valence-electron chi connectivity index (χ2n) is 2.40. The minimum Gasteiger partial charge on any atom is -0.399 e. The Bertz CT molecular complexity index is 294. The lowest BCUT2D eigenvalue weighted by Crippen LogP contribution is -1.99. The van der Waals surface area contributed by atoms with Gasteiger partial charge in [-0.15, -0.1) is 0 Å². The van der Waals surface area contributed by atoms with E-state index in [2.05, 4.69) is 0 Å². The molecule has 58 valence electrons. The van der Waals surface area contributed by atoms with Crippen molar-refractivity contribution in [1.82, 2.24) is 0 Å². The summed E-state index contributed by atoms with van der Waals surface area (Å²) in [4.78, 5) is 0.773. The minimum absolute atomic E-state index is 0.687. The van der Waals surface area contributed by atoms with Gasteiger partial charge in [0.05, 0.1) is 0 Å². The van der Waals surface area contributed by atoms with Crippen LogP contribution in [0.1, 0.15) is 12.5 Å². The third-order valence-corrected chi connectivity index (χ3v) is 1.68. The number of nitrogens with two attached hydrogens (primary N) is 2. The van der Waals surface area contributed by atoms with Crippen molar-refractivity contribution in [2.45, 2.75) is 6.92 Å². The molecule has 0 spiro atoms. The Morgan fingerprint density at radius 2 is 2.00 bits per heavy atom. The molecule has 1 aromatic carbocycles. The van der Waals surface area contributed by atoms with Gasteiger partial charge in [-0.05, 0) is 25.1 Å². The van der Waals surface area contributed by atoms with E-state index in [9.17, 15) is 0 Å². The van der Waals surface area contributed by atoms with Crippen molar-refractivity contribution in [2.24, 2.45) is 0 Å². The zero-order valence-electron chi connectivity index (χ0n) is 6.29. The molecule has 0 aliphatic carbocycles. The SMILES string of the molecule is CC(=S)c1cc(N)ccc1N. The van der Waals surface area contributed by atoms with E-state index < -0.39 is 0 Å². The van der Waals surface area contributed by atoms with Crippen LogP contribution in [0.15, 0.2) is 18.2 Å². The normalized spacial score (nSPS) is 9.55. The molecule has 0 radical (unpaired) electrons. The summed E-state index contributed by atoms with van der Waals surface area (Å²) in [6.07, 6.45) is 0. The number of benzene rings is 1. The van der Waals surface area contributed by atoms with Gasteiger partial charge in [0.2, 0.25) is 0 Å². The Kier molecular flexibility index (Phi) is 2.10. The zero-order chi connectivity index (χ0) is 8.43. The lowest BCUT2D eigenvalue weighted by molar-refractivity contribution is 1.62. The van der Waals surface area contributed by atoms with Crippen LogP contribution in [-0.4, -0.2) is 4.86 Å². The number of hydrogen-bond acceptors (Lipinski definition) is 3. The lowest BCUT2D eigenvalue weighted by Gasteiger charge is -2.03. The molecule has 0 unspecified atom stereocenters. The predicted octanol–water partition coefficient (Wildman–Crippen LogP) is 1.59. The summed E-state index contributed by atoms with van der Waals surface area (Å²) < 4.78 is 0. The maximum absolute atomic E-state index is 5.65. The standard InChI is InChI=1S/C8H10N2S/c1-5(11)7-4-6(9)2-3-8(7)10/h2-4H,9-10H2,1H3. The van der Waals surface area contributed by atoms with Gasteiger partial charge in [0, 0.05) is 21.8 Å². The molecule has 0 aliphatic heterocycles. The summed E-state index contributed by atoms with van der Waals surface area (Å²) in [5.41, 5.74) is 13.4. The van der Waals surface area contributed by atoms with Crippen molar-refractivity contribution in [1.29, 1.82) is 0 Å². The Morgan fingerprint density at radius 1 is 1.36 bits per heavy atom. The van der Waals surface area contributed by atoms with E-state index in [1.165, 1.54) is 0 Å². The smallest absolute Gasteiger partial charge is 0.0400 e. The first-order chi connectivity index (χ1) is 5.11. The van der Waals surface area contributed by atoms with Crippen LogP contribution in [0.2, 0.25) is 0 Å². The van der Waals surface area contributed by atoms with Crippen molar-refractivity contribution in [3.63, 3.8) is 0 Å². The summed E-state index contributed by atoms with van der Waals surface area (Å²) in [6.45, 7) is 1.83. The lowest BCUT2D eigenvalue weighted by atomic mass is 10.1. The number of thiocarbonyl (C=S) groups is 1. The van der Waals surface area contributed by atoms with E-state index in [1.54, 1.807) is 18.2 Å². The second kappa shape index (κ2) is 2.88. The van der Waals surface area contributed by atoms with Crippen LogP contribution in [0.25, 0.3) is 0 Å².